The van der Waals surface area contributed by atoms with Gasteiger partial charge in [-0.2, -0.15) is 0 Å². The van der Waals surface area contributed by atoms with Crippen LogP contribution in [0.4, 0.5) is 17.1 Å². The summed E-state index contributed by atoms with van der Waals surface area (Å²) in [4.78, 5) is 39.8. The zero-order chi connectivity index (χ0) is 25.7. The predicted molar refractivity (Wildman–Crippen MR) is 114 cm³/mol. The molecule has 0 amide bonds. The van der Waals surface area contributed by atoms with Crippen molar-refractivity contribution >= 4 is 22.8 Å². The molecule has 1 aliphatic rings. The maximum atomic E-state index is 12.3. The fourth-order valence-electron chi connectivity index (χ4n) is 3.93. The van der Waals surface area contributed by atoms with Crippen molar-refractivity contribution in [2.24, 2.45) is 5.92 Å². The second-order valence-corrected chi connectivity index (χ2v) is 7.63. The van der Waals surface area contributed by atoms with E-state index in [-0.39, 0.29) is 18.0 Å². The Bertz CT molecular complexity index is 1190. The van der Waals surface area contributed by atoms with E-state index < -0.39 is 37.6 Å². The summed E-state index contributed by atoms with van der Waals surface area (Å²) in [5, 5.41) is 44.3. The lowest BCUT2D eigenvalue weighted by atomic mass is 9.82. The number of carbonyl (C=O) groups excluding carboxylic acids is 1. The Morgan fingerprint density at radius 3 is 1.91 bits per heavy atom. The van der Waals surface area contributed by atoms with E-state index in [2.05, 4.69) is 12.2 Å². The molecule has 4 rings (SSSR count). The number of ketones is 1. The molecule has 0 aliphatic carbocycles. The molecule has 14 heteroatoms. The molecule has 2 aromatic heterocycles. The van der Waals surface area contributed by atoms with E-state index in [1.807, 2.05) is 24.3 Å². The third-order valence-electron chi connectivity index (χ3n) is 5.57. The first-order valence-corrected chi connectivity index (χ1v) is 10.4. The highest BCUT2D eigenvalue weighted by Gasteiger charge is 2.42. The molecular formula is C21H20N4O10. The van der Waals surface area contributed by atoms with Crippen molar-refractivity contribution in [1.29, 1.82) is 0 Å². The first kappa shape index (κ1) is 25.0. The van der Waals surface area contributed by atoms with Crippen molar-refractivity contribution < 1.29 is 38.8 Å². The number of carbonyl (C=O) groups is 1. The molecule has 0 saturated carbocycles. The van der Waals surface area contributed by atoms with E-state index in [0.29, 0.717) is 24.3 Å². The van der Waals surface area contributed by atoms with Gasteiger partial charge in [-0.05, 0) is 30.7 Å². The van der Waals surface area contributed by atoms with Gasteiger partial charge in [-0.3, -0.25) is 35.1 Å². The van der Waals surface area contributed by atoms with Crippen LogP contribution in [0.5, 0.6) is 5.75 Å². The summed E-state index contributed by atoms with van der Waals surface area (Å²) in [6.45, 7) is 2.06. The average molecular weight is 488 g/mol. The number of non-ortho nitro benzene ring substituents is 1. The van der Waals surface area contributed by atoms with Gasteiger partial charge < -0.3 is 19.3 Å². The van der Waals surface area contributed by atoms with Crippen LogP contribution in [0.1, 0.15) is 43.4 Å². The van der Waals surface area contributed by atoms with Crippen LogP contribution >= 0.6 is 0 Å². The largest absolute Gasteiger partial charge is 0.863 e. The van der Waals surface area contributed by atoms with Gasteiger partial charge in [0, 0.05) is 0 Å². The highest BCUT2D eigenvalue weighted by Crippen LogP contribution is 2.37. The maximum absolute atomic E-state index is 12.3. The summed E-state index contributed by atoms with van der Waals surface area (Å²) in [5.74, 6) is 0.599. The second kappa shape index (κ2) is 10.6. The van der Waals surface area contributed by atoms with Gasteiger partial charge in [-0.25, -0.2) is 0 Å². The lowest BCUT2D eigenvalue weighted by Crippen LogP contribution is -2.90. The van der Waals surface area contributed by atoms with Crippen molar-refractivity contribution in [3.63, 3.8) is 0 Å². The minimum atomic E-state index is -1.46. The number of hydrogen-bond donors (Lipinski definition) is 1. The number of hydrogen-bond acceptors (Lipinski definition) is 10. The molecule has 1 aromatic carbocycles. The van der Waals surface area contributed by atoms with Gasteiger partial charge in [0.15, 0.2) is 23.6 Å². The summed E-state index contributed by atoms with van der Waals surface area (Å²) in [7, 11) is 0. The number of rotatable bonds is 6. The normalized spacial score (nSPS) is 19.5. The molecule has 3 aromatic rings. The molecule has 3 unspecified atom stereocenters. The van der Waals surface area contributed by atoms with Gasteiger partial charge in [0.1, 0.15) is 5.78 Å². The molecule has 14 nitrogen and oxygen atoms in total. The van der Waals surface area contributed by atoms with Gasteiger partial charge in [0.05, 0.1) is 57.5 Å². The fraction of sp³-hybridized carbons (Fsp3) is 0.286. The lowest BCUT2D eigenvalue weighted by Gasteiger charge is -2.30. The number of piperidine rings is 1. The minimum Gasteiger partial charge on any atom is -0.863 e. The molecule has 3 heterocycles. The second-order valence-electron chi connectivity index (χ2n) is 7.63. The van der Waals surface area contributed by atoms with Crippen LogP contribution in [0, 0.1) is 36.3 Å². The Morgan fingerprint density at radius 1 is 0.943 bits per heavy atom. The molecule has 35 heavy (non-hydrogen) atoms. The first-order valence-electron chi connectivity index (χ1n) is 10.4. The van der Waals surface area contributed by atoms with Crippen LogP contribution in [0.25, 0.3) is 0 Å². The third-order valence-corrected chi connectivity index (χ3v) is 5.57. The zero-order valence-electron chi connectivity index (χ0n) is 18.3. The van der Waals surface area contributed by atoms with Crippen LogP contribution in [-0.2, 0) is 4.79 Å². The summed E-state index contributed by atoms with van der Waals surface area (Å²) in [6, 6.07) is 8.49. The minimum absolute atomic E-state index is 0.0253. The van der Waals surface area contributed by atoms with Crippen molar-refractivity contribution in [3.05, 3.63) is 90.8 Å². The number of nitrogens with zero attached hydrogens (tertiary/aromatic N) is 3. The van der Waals surface area contributed by atoms with Crippen LogP contribution < -0.4 is 10.4 Å². The Labute approximate surface area is 196 Å². The average Bonchev–Trinajstić information content (AvgIpc) is 3.53. The van der Waals surface area contributed by atoms with Crippen molar-refractivity contribution in [2.75, 3.05) is 0 Å². The maximum Gasteiger partial charge on any atom is 0.283 e. The smallest absolute Gasteiger partial charge is 0.283 e. The van der Waals surface area contributed by atoms with Crippen molar-refractivity contribution in [1.82, 2.24) is 0 Å². The molecule has 3 atom stereocenters. The van der Waals surface area contributed by atoms with Gasteiger partial charge >= 0.3 is 0 Å². The van der Waals surface area contributed by atoms with Crippen LogP contribution in [0.15, 0.2) is 57.8 Å². The standard InChI is InChI=1S/C15H17NO3.C6H3N3O7/c1-2-10-12(17)9-11(13-5-3-7-18-13)16-15(10)14-6-4-8-19-14;10-6-4(8(13)14)1-3(7(11)12)2-5(6)9(15)16/h3-8,10-11,15-16H,2,9H2,1H3;1-2,10H. The quantitative estimate of drug-likeness (QED) is 0.395. The summed E-state index contributed by atoms with van der Waals surface area (Å²) >= 11 is 0. The zero-order valence-corrected chi connectivity index (χ0v) is 18.3. The molecule has 184 valence electrons. The van der Waals surface area contributed by atoms with E-state index in [4.69, 9.17) is 8.83 Å². The molecule has 0 spiro atoms. The summed E-state index contributed by atoms with van der Waals surface area (Å²) < 4.78 is 10.9. The lowest BCUT2D eigenvalue weighted by molar-refractivity contribution is -0.746. The predicted octanol–water partition coefficient (Wildman–Crippen LogP) is 2.70. The Kier molecular flexibility index (Phi) is 7.56. The molecule has 0 radical (unpaired) electrons. The fourth-order valence-corrected chi connectivity index (χ4v) is 3.93. The number of nitro benzene ring substituents is 3. The highest BCUT2D eigenvalue weighted by atomic mass is 16.6. The van der Waals surface area contributed by atoms with Gasteiger partial charge in [-0.1, -0.05) is 6.92 Å². The van der Waals surface area contributed by atoms with E-state index in [0.717, 1.165) is 17.9 Å². The SMILES string of the molecule is CCC1C(=O)CC(c2ccco2)[NH2+]C1c1ccco1.O=[N+]([O-])c1cc([N+](=O)[O-])c([O-])c([N+](=O)[O-])c1. The summed E-state index contributed by atoms with van der Waals surface area (Å²) in [6.07, 6.45) is 4.69. The third kappa shape index (κ3) is 5.50. The molecule has 1 fully saturated rings. The molecule has 0 bridgehead atoms. The van der Waals surface area contributed by atoms with Crippen LogP contribution in [0.2, 0.25) is 0 Å². The monoisotopic (exact) mass is 488 g/mol. The number of Topliss-reactive ketones (excluding diaryl/α,β-unsaturated/α-hetero) is 1. The first-order chi connectivity index (χ1) is 16.6. The van der Waals surface area contributed by atoms with Gasteiger partial charge in [0.2, 0.25) is 0 Å². The number of nitro groups is 3. The van der Waals surface area contributed by atoms with E-state index in [1.165, 1.54) is 0 Å². The number of furan rings is 2. The van der Waals surface area contributed by atoms with Crippen molar-refractivity contribution in [2.45, 2.75) is 31.8 Å². The molecule has 1 saturated heterocycles. The number of nitrogens with two attached hydrogens (primary N) is 1. The number of quaternary nitrogens is 1. The van der Waals surface area contributed by atoms with E-state index in [9.17, 15) is 40.2 Å². The number of benzene rings is 1. The van der Waals surface area contributed by atoms with E-state index >= 15 is 0 Å². The van der Waals surface area contributed by atoms with Crippen molar-refractivity contribution in [3.8, 4) is 5.75 Å². The molecule has 1 aliphatic heterocycles. The molecular weight excluding hydrogens is 468 g/mol. The topological polar surface area (TPSA) is 212 Å². The van der Waals surface area contributed by atoms with Gasteiger partial charge in [-0.15, -0.1) is 0 Å². The Morgan fingerprint density at radius 2 is 1.49 bits per heavy atom. The molecule has 2 N–H and O–H groups in total. The summed E-state index contributed by atoms with van der Waals surface area (Å²) in [5.41, 5.74) is -3.26. The van der Waals surface area contributed by atoms with Crippen LogP contribution in [0.3, 0.4) is 0 Å². The Balaban J connectivity index is 0.000000199. The van der Waals surface area contributed by atoms with Crippen LogP contribution in [-0.4, -0.2) is 20.6 Å². The van der Waals surface area contributed by atoms with E-state index in [1.54, 1.807) is 12.5 Å². The van der Waals surface area contributed by atoms with Gasteiger partial charge in [0.25, 0.3) is 17.1 Å². The Hall–Kier alpha value is -4.59. The highest BCUT2D eigenvalue weighted by molar-refractivity contribution is 5.82.